The molecule has 0 unspecified atom stereocenters. The van der Waals surface area contributed by atoms with Crippen molar-refractivity contribution in [1.29, 1.82) is 0 Å². The fourth-order valence-corrected chi connectivity index (χ4v) is 1.91. The number of nitrogens with zero attached hydrogens (tertiary/aromatic N) is 4. The molecule has 0 radical (unpaired) electrons. The van der Waals surface area contributed by atoms with Gasteiger partial charge >= 0.3 is 5.69 Å². The first-order valence-electron chi connectivity index (χ1n) is 4.84. The summed E-state index contributed by atoms with van der Waals surface area (Å²) < 4.78 is 4.11. The Labute approximate surface area is 96.5 Å². The SMILES string of the molecule is CCn1c(=O)c2c(nc(S)n2C)n(C)c1=O. The second-order valence-electron chi connectivity index (χ2n) is 3.53. The van der Waals surface area contributed by atoms with Gasteiger partial charge in [0.1, 0.15) is 0 Å². The predicted octanol–water partition coefficient (Wildman–Crippen LogP) is -0.258. The highest BCUT2D eigenvalue weighted by molar-refractivity contribution is 7.80. The summed E-state index contributed by atoms with van der Waals surface area (Å²) in [7, 11) is 3.29. The van der Waals surface area contributed by atoms with Crippen molar-refractivity contribution in [2.45, 2.75) is 18.6 Å². The first-order valence-corrected chi connectivity index (χ1v) is 5.29. The smallest absolute Gasteiger partial charge is 0.316 e. The Morgan fingerprint density at radius 3 is 2.44 bits per heavy atom. The molecule has 2 aromatic heterocycles. The predicted molar refractivity (Wildman–Crippen MR) is 63.1 cm³/mol. The van der Waals surface area contributed by atoms with Crippen molar-refractivity contribution >= 4 is 23.8 Å². The number of hydrogen-bond acceptors (Lipinski definition) is 4. The quantitative estimate of drug-likeness (QED) is 0.699. The van der Waals surface area contributed by atoms with E-state index in [9.17, 15) is 9.59 Å². The molecule has 2 aromatic rings. The van der Waals surface area contributed by atoms with Crippen molar-refractivity contribution in [3.63, 3.8) is 0 Å². The minimum atomic E-state index is -0.355. The van der Waals surface area contributed by atoms with Gasteiger partial charge in [0, 0.05) is 20.6 Å². The summed E-state index contributed by atoms with van der Waals surface area (Å²) in [6, 6.07) is 0. The Morgan fingerprint density at radius 2 is 1.88 bits per heavy atom. The van der Waals surface area contributed by atoms with Gasteiger partial charge in [0.25, 0.3) is 5.56 Å². The van der Waals surface area contributed by atoms with Gasteiger partial charge in [-0.2, -0.15) is 0 Å². The zero-order valence-electron chi connectivity index (χ0n) is 9.26. The van der Waals surface area contributed by atoms with Crippen molar-refractivity contribution in [3.8, 4) is 0 Å². The van der Waals surface area contributed by atoms with Gasteiger partial charge < -0.3 is 4.57 Å². The monoisotopic (exact) mass is 240 g/mol. The molecule has 0 saturated heterocycles. The third-order valence-corrected chi connectivity index (χ3v) is 3.05. The van der Waals surface area contributed by atoms with E-state index in [-0.39, 0.29) is 11.2 Å². The van der Waals surface area contributed by atoms with E-state index in [1.54, 1.807) is 25.6 Å². The van der Waals surface area contributed by atoms with E-state index < -0.39 is 0 Å². The maximum atomic E-state index is 12.0. The number of aryl methyl sites for hydroxylation is 2. The number of aromatic nitrogens is 4. The van der Waals surface area contributed by atoms with Crippen LogP contribution in [0.5, 0.6) is 0 Å². The number of rotatable bonds is 1. The Hall–Kier alpha value is -1.50. The molecule has 0 atom stereocenters. The Morgan fingerprint density at radius 1 is 1.25 bits per heavy atom. The summed E-state index contributed by atoms with van der Waals surface area (Å²) in [5.74, 6) is 0. The van der Waals surface area contributed by atoms with Gasteiger partial charge in [0.2, 0.25) is 0 Å². The van der Waals surface area contributed by atoms with Gasteiger partial charge in [0.05, 0.1) is 0 Å². The minimum Gasteiger partial charge on any atom is -0.316 e. The van der Waals surface area contributed by atoms with Crippen LogP contribution in [0.2, 0.25) is 0 Å². The summed E-state index contributed by atoms with van der Waals surface area (Å²) in [5.41, 5.74) is 0.0866. The fraction of sp³-hybridized carbons (Fsp3) is 0.444. The molecule has 2 rings (SSSR count). The highest BCUT2D eigenvalue weighted by Gasteiger charge is 2.15. The summed E-state index contributed by atoms with van der Waals surface area (Å²) in [6.07, 6.45) is 0. The van der Waals surface area contributed by atoms with Crippen LogP contribution in [0, 0.1) is 0 Å². The number of imidazole rings is 1. The lowest BCUT2D eigenvalue weighted by Gasteiger charge is -2.05. The highest BCUT2D eigenvalue weighted by Crippen LogP contribution is 2.11. The van der Waals surface area contributed by atoms with Crippen molar-refractivity contribution in [2.75, 3.05) is 0 Å². The van der Waals surface area contributed by atoms with E-state index in [0.717, 1.165) is 0 Å². The average molecular weight is 240 g/mol. The maximum Gasteiger partial charge on any atom is 0.332 e. The van der Waals surface area contributed by atoms with Crippen molar-refractivity contribution in [2.24, 2.45) is 14.1 Å². The third kappa shape index (κ3) is 1.24. The molecular weight excluding hydrogens is 228 g/mol. The highest BCUT2D eigenvalue weighted by atomic mass is 32.1. The van der Waals surface area contributed by atoms with Gasteiger partial charge in [0.15, 0.2) is 16.3 Å². The summed E-state index contributed by atoms with van der Waals surface area (Å²) in [4.78, 5) is 27.9. The molecule has 0 bridgehead atoms. The molecule has 6 nitrogen and oxygen atoms in total. The van der Waals surface area contributed by atoms with Crippen LogP contribution >= 0.6 is 12.6 Å². The molecule has 0 fully saturated rings. The number of hydrogen-bond donors (Lipinski definition) is 1. The summed E-state index contributed by atoms with van der Waals surface area (Å²) in [5, 5.41) is 0.413. The van der Waals surface area contributed by atoms with Gasteiger partial charge in [-0.15, -0.1) is 12.6 Å². The molecule has 7 heteroatoms. The van der Waals surface area contributed by atoms with E-state index in [2.05, 4.69) is 17.6 Å². The van der Waals surface area contributed by atoms with Crippen LogP contribution in [0.3, 0.4) is 0 Å². The maximum absolute atomic E-state index is 12.0. The van der Waals surface area contributed by atoms with Crippen LogP contribution < -0.4 is 11.2 Å². The standard InChI is InChI=1S/C9H12N4O2S/c1-4-13-7(14)5-6(12(3)9(13)15)10-8(16)11(5)2/h4H2,1-3H3,(H,10,16). The first-order chi connectivity index (χ1) is 7.49. The van der Waals surface area contributed by atoms with Gasteiger partial charge in [-0.1, -0.05) is 0 Å². The van der Waals surface area contributed by atoms with Crippen LogP contribution in [0.15, 0.2) is 14.7 Å². The molecule has 0 aromatic carbocycles. The molecule has 0 aliphatic carbocycles. The fourth-order valence-electron chi connectivity index (χ4n) is 1.71. The van der Waals surface area contributed by atoms with Crippen molar-refractivity contribution in [1.82, 2.24) is 18.7 Å². The van der Waals surface area contributed by atoms with E-state index in [1.807, 2.05) is 0 Å². The normalized spacial score (nSPS) is 11.2. The first kappa shape index (κ1) is 11.0. The van der Waals surface area contributed by atoms with Crippen LogP contribution in [0.1, 0.15) is 6.92 Å². The van der Waals surface area contributed by atoms with Gasteiger partial charge in [-0.05, 0) is 6.92 Å². The lowest BCUT2D eigenvalue weighted by atomic mass is 10.5. The van der Waals surface area contributed by atoms with Crippen LogP contribution in [-0.4, -0.2) is 18.7 Å². The van der Waals surface area contributed by atoms with E-state index in [0.29, 0.717) is 22.9 Å². The molecule has 0 N–H and O–H groups in total. The number of fused-ring (bicyclic) bond motifs is 1. The zero-order valence-corrected chi connectivity index (χ0v) is 10.2. The van der Waals surface area contributed by atoms with Gasteiger partial charge in [-0.25, -0.2) is 9.78 Å². The summed E-state index contributed by atoms with van der Waals surface area (Å²) in [6.45, 7) is 2.10. The largest absolute Gasteiger partial charge is 0.332 e. The molecule has 0 spiro atoms. The zero-order chi connectivity index (χ0) is 12.0. The lowest BCUT2D eigenvalue weighted by Crippen LogP contribution is -2.39. The Bertz CT molecular complexity index is 679. The minimum absolute atomic E-state index is 0.323. The molecule has 0 saturated carbocycles. The van der Waals surface area contributed by atoms with Crippen LogP contribution in [0.4, 0.5) is 0 Å². The Balaban J connectivity index is 3.15. The molecule has 16 heavy (non-hydrogen) atoms. The van der Waals surface area contributed by atoms with Gasteiger partial charge in [-0.3, -0.25) is 13.9 Å². The second kappa shape index (κ2) is 3.51. The average Bonchev–Trinajstić information content (AvgIpc) is 2.54. The molecule has 86 valence electrons. The van der Waals surface area contributed by atoms with Crippen molar-refractivity contribution in [3.05, 3.63) is 20.8 Å². The lowest BCUT2D eigenvalue weighted by molar-refractivity contribution is 0.635. The topological polar surface area (TPSA) is 61.8 Å². The number of thiol groups is 1. The molecular formula is C9H12N4O2S. The van der Waals surface area contributed by atoms with E-state index in [1.165, 1.54) is 9.13 Å². The molecule has 0 aliphatic heterocycles. The van der Waals surface area contributed by atoms with E-state index in [4.69, 9.17) is 0 Å². The molecule has 2 heterocycles. The van der Waals surface area contributed by atoms with Crippen LogP contribution in [-0.2, 0) is 20.6 Å². The van der Waals surface area contributed by atoms with Crippen molar-refractivity contribution < 1.29 is 0 Å². The third-order valence-electron chi connectivity index (χ3n) is 2.65. The van der Waals surface area contributed by atoms with Crippen LogP contribution in [0.25, 0.3) is 11.2 Å². The summed E-state index contributed by atoms with van der Waals surface area (Å²) >= 11 is 4.14. The Kier molecular flexibility index (Phi) is 2.42. The molecule has 0 aliphatic rings. The molecule has 0 amide bonds. The van der Waals surface area contributed by atoms with E-state index >= 15 is 0 Å². The second-order valence-corrected chi connectivity index (χ2v) is 3.93.